The van der Waals surface area contributed by atoms with Crippen LogP contribution in [0.2, 0.25) is 0 Å². The van der Waals surface area contributed by atoms with Crippen LogP contribution in [0.25, 0.3) is 10.9 Å². The minimum Gasteiger partial charge on any atom is -0.481 e. The minimum absolute atomic E-state index is 0.0363. The number of anilines is 1. The van der Waals surface area contributed by atoms with Gasteiger partial charge in [-0.05, 0) is 31.5 Å². The Bertz CT molecular complexity index is 630. The first kappa shape index (κ1) is 15.1. The Hall–Kier alpha value is -2.34. The monoisotopic (exact) mass is 288 g/mol. The number of nitrogens with one attached hydrogen (secondary N) is 2. The van der Waals surface area contributed by atoms with Crippen molar-refractivity contribution < 1.29 is 9.53 Å². The highest BCUT2D eigenvalue weighted by atomic mass is 16.5. The molecule has 0 saturated carbocycles. The predicted octanol–water partition coefficient (Wildman–Crippen LogP) is 1.81. The third-order valence-corrected chi connectivity index (χ3v) is 3.21. The largest absolute Gasteiger partial charge is 0.481 e. The number of hydrazine groups is 1. The Morgan fingerprint density at radius 1 is 1.38 bits per heavy atom. The van der Waals surface area contributed by atoms with Crippen molar-refractivity contribution in [1.82, 2.24) is 10.3 Å². The van der Waals surface area contributed by atoms with Crippen LogP contribution in [0.4, 0.5) is 5.82 Å². The van der Waals surface area contributed by atoms with E-state index in [4.69, 9.17) is 10.6 Å². The summed E-state index contributed by atoms with van der Waals surface area (Å²) in [4.78, 5) is 16.1. The van der Waals surface area contributed by atoms with Gasteiger partial charge in [0, 0.05) is 11.4 Å². The molecule has 1 heterocycles. The minimum atomic E-state index is -0.144. The lowest BCUT2D eigenvalue weighted by Gasteiger charge is -2.13. The number of nitrogens with zero attached hydrogens (tertiary/aromatic N) is 1. The molecule has 6 nitrogen and oxygen atoms in total. The van der Waals surface area contributed by atoms with Crippen molar-refractivity contribution in [1.29, 1.82) is 0 Å². The van der Waals surface area contributed by atoms with Crippen LogP contribution in [0, 0.1) is 0 Å². The number of nitrogens with two attached hydrogens (primary N) is 1. The highest BCUT2D eigenvalue weighted by Crippen LogP contribution is 2.24. The highest BCUT2D eigenvalue weighted by molar-refractivity contribution is 5.86. The van der Waals surface area contributed by atoms with E-state index in [1.807, 2.05) is 32.0 Å². The molecule has 0 bridgehead atoms. The molecule has 0 radical (unpaired) electrons. The molecular formula is C15H20N4O2. The number of aromatic nitrogens is 1. The van der Waals surface area contributed by atoms with Gasteiger partial charge in [0.1, 0.15) is 17.1 Å². The van der Waals surface area contributed by atoms with Gasteiger partial charge in [-0.15, -0.1) is 0 Å². The quantitative estimate of drug-likeness (QED) is 0.557. The summed E-state index contributed by atoms with van der Waals surface area (Å²) in [6.45, 7) is 3.93. The molecular weight excluding hydrogens is 268 g/mol. The molecule has 1 atom stereocenters. The molecule has 0 spiro atoms. The number of carbonyl (C=O) groups excluding carboxylic acids is 1. The summed E-state index contributed by atoms with van der Waals surface area (Å²) in [5.41, 5.74) is 3.17. The molecule has 0 fully saturated rings. The summed E-state index contributed by atoms with van der Waals surface area (Å²) in [5.74, 6) is 6.33. The SMILES string of the molecule is CCC(C)NC(=O)COc1cccc2ccc(NN)nc12. The van der Waals surface area contributed by atoms with Crippen LogP contribution in [-0.2, 0) is 4.79 Å². The lowest BCUT2D eigenvalue weighted by atomic mass is 10.2. The Morgan fingerprint density at radius 2 is 2.19 bits per heavy atom. The molecule has 2 aromatic rings. The van der Waals surface area contributed by atoms with Crippen molar-refractivity contribution >= 4 is 22.6 Å². The zero-order valence-electron chi connectivity index (χ0n) is 12.2. The topological polar surface area (TPSA) is 89.3 Å². The van der Waals surface area contributed by atoms with Crippen molar-refractivity contribution in [2.75, 3.05) is 12.0 Å². The molecule has 0 aliphatic carbocycles. The van der Waals surface area contributed by atoms with Crippen molar-refractivity contribution in [3.05, 3.63) is 30.3 Å². The number of pyridine rings is 1. The maximum Gasteiger partial charge on any atom is 0.258 e. The van der Waals surface area contributed by atoms with E-state index < -0.39 is 0 Å². The zero-order chi connectivity index (χ0) is 15.2. The van der Waals surface area contributed by atoms with Crippen molar-refractivity contribution in [2.24, 2.45) is 5.84 Å². The molecule has 4 N–H and O–H groups in total. The van der Waals surface area contributed by atoms with E-state index in [1.165, 1.54) is 0 Å². The summed E-state index contributed by atoms with van der Waals surface area (Å²) in [5, 5.41) is 3.78. The van der Waals surface area contributed by atoms with Crippen LogP contribution in [0.1, 0.15) is 20.3 Å². The summed E-state index contributed by atoms with van der Waals surface area (Å²) < 4.78 is 5.58. The highest BCUT2D eigenvalue weighted by Gasteiger charge is 2.09. The molecule has 1 unspecified atom stereocenters. The second kappa shape index (κ2) is 6.90. The molecule has 0 saturated heterocycles. The molecule has 112 valence electrons. The summed E-state index contributed by atoms with van der Waals surface area (Å²) in [6.07, 6.45) is 0.882. The first-order valence-corrected chi connectivity index (χ1v) is 6.92. The van der Waals surface area contributed by atoms with Gasteiger partial charge < -0.3 is 15.5 Å². The molecule has 6 heteroatoms. The molecule has 0 aliphatic rings. The second-order valence-electron chi connectivity index (χ2n) is 4.83. The van der Waals surface area contributed by atoms with E-state index in [0.29, 0.717) is 17.1 Å². The molecule has 21 heavy (non-hydrogen) atoms. The van der Waals surface area contributed by atoms with Gasteiger partial charge in [0.25, 0.3) is 5.91 Å². The molecule has 2 rings (SSSR count). The van der Waals surface area contributed by atoms with Crippen LogP contribution in [-0.4, -0.2) is 23.5 Å². The first-order valence-electron chi connectivity index (χ1n) is 6.92. The number of hydrogen-bond donors (Lipinski definition) is 3. The normalized spacial score (nSPS) is 12.0. The van der Waals surface area contributed by atoms with E-state index >= 15 is 0 Å². The first-order chi connectivity index (χ1) is 10.1. The third-order valence-electron chi connectivity index (χ3n) is 3.21. The van der Waals surface area contributed by atoms with E-state index in [1.54, 1.807) is 12.1 Å². The number of hydrogen-bond acceptors (Lipinski definition) is 5. The average molecular weight is 288 g/mol. The van der Waals surface area contributed by atoms with Crippen LogP contribution in [0.3, 0.4) is 0 Å². The fourth-order valence-corrected chi connectivity index (χ4v) is 1.88. The molecule has 1 amide bonds. The molecule has 0 aliphatic heterocycles. The number of carbonyl (C=O) groups is 1. The maximum atomic E-state index is 11.8. The Labute approximate surface area is 123 Å². The average Bonchev–Trinajstić information content (AvgIpc) is 2.52. The van der Waals surface area contributed by atoms with Crippen LogP contribution < -0.4 is 21.3 Å². The zero-order valence-corrected chi connectivity index (χ0v) is 12.2. The number of ether oxygens (including phenoxy) is 1. The third kappa shape index (κ3) is 3.82. The second-order valence-corrected chi connectivity index (χ2v) is 4.83. The van der Waals surface area contributed by atoms with E-state index in [-0.39, 0.29) is 18.6 Å². The van der Waals surface area contributed by atoms with E-state index in [2.05, 4.69) is 15.7 Å². The van der Waals surface area contributed by atoms with Gasteiger partial charge in [0.15, 0.2) is 6.61 Å². The number of benzene rings is 1. The van der Waals surface area contributed by atoms with Gasteiger partial charge in [0.05, 0.1) is 0 Å². The van der Waals surface area contributed by atoms with Crippen LogP contribution in [0.15, 0.2) is 30.3 Å². The Morgan fingerprint density at radius 3 is 2.90 bits per heavy atom. The van der Waals surface area contributed by atoms with Crippen molar-refractivity contribution in [3.63, 3.8) is 0 Å². The number of para-hydroxylation sites is 1. The number of amides is 1. The summed E-state index contributed by atoms with van der Waals surface area (Å²) >= 11 is 0. The fourth-order valence-electron chi connectivity index (χ4n) is 1.88. The van der Waals surface area contributed by atoms with E-state index in [9.17, 15) is 4.79 Å². The lowest BCUT2D eigenvalue weighted by molar-refractivity contribution is -0.123. The van der Waals surface area contributed by atoms with Crippen LogP contribution >= 0.6 is 0 Å². The maximum absolute atomic E-state index is 11.8. The summed E-state index contributed by atoms with van der Waals surface area (Å²) in [6, 6.07) is 9.38. The van der Waals surface area contributed by atoms with Gasteiger partial charge in [-0.1, -0.05) is 19.1 Å². The van der Waals surface area contributed by atoms with Gasteiger partial charge in [-0.2, -0.15) is 0 Å². The number of nitrogen functional groups attached to an aromatic ring is 1. The van der Waals surface area contributed by atoms with Crippen molar-refractivity contribution in [3.8, 4) is 5.75 Å². The summed E-state index contributed by atoms with van der Waals surface area (Å²) in [7, 11) is 0. The predicted molar refractivity (Wildman–Crippen MR) is 82.9 cm³/mol. The Kier molecular flexibility index (Phi) is 4.94. The molecule has 1 aromatic carbocycles. The van der Waals surface area contributed by atoms with Gasteiger partial charge >= 0.3 is 0 Å². The molecule has 1 aromatic heterocycles. The number of fused-ring (bicyclic) bond motifs is 1. The van der Waals surface area contributed by atoms with E-state index in [0.717, 1.165) is 11.8 Å². The standard InChI is InChI=1S/C15H20N4O2/c1-3-10(2)17-14(20)9-21-12-6-4-5-11-7-8-13(19-16)18-15(11)12/h4-8,10H,3,9,16H2,1-2H3,(H,17,20)(H,18,19). The Balaban J connectivity index is 2.13. The van der Waals surface area contributed by atoms with Gasteiger partial charge in [-0.3, -0.25) is 4.79 Å². The van der Waals surface area contributed by atoms with Crippen molar-refractivity contribution in [2.45, 2.75) is 26.3 Å². The van der Waals surface area contributed by atoms with Crippen LogP contribution in [0.5, 0.6) is 5.75 Å². The van der Waals surface area contributed by atoms with Gasteiger partial charge in [-0.25, -0.2) is 10.8 Å². The van der Waals surface area contributed by atoms with Gasteiger partial charge in [0.2, 0.25) is 0 Å². The lowest BCUT2D eigenvalue weighted by Crippen LogP contribution is -2.35. The number of rotatable bonds is 6. The fraction of sp³-hybridized carbons (Fsp3) is 0.333. The smallest absolute Gasteiger partial charge is 0.258 e.